The number of nitrogens with zero attached hydrogens (tertiary/aromatic N) is 1. The van der Waals surface area contributed by atoms with E-state index < -0.39 is 10.0 Å². The molecule has 0 saturated heterocycles. The van der Waals surface area contributed by atoms with E-state index in [0.717, 1.165) is 16.9 Å². The van der Waals surface area contributed by atoms with Crippen LogP contribution >= 0.6 is 34.5 Å². The van der Waals surface area contributed by atoms with E-state index in [1.165, 1.54) is 18.2 Å². The average molecular weight is 498 g/mol. The van der Waals surface area contributed by atoms with Crippen molar-refractivity contribution in [1.82, 2.24) is 10.2 Å². The van der Waals surface area contributed by atoms with Crippen LogP contribution in [0.4, 0.5) is 5.69 Å². The first-order valence-corrected chi connectivity index (χ1v) is 12.3. The summed E-state index contributed by atoms with van der Waals surface area (Å²) in [4.78, 5) is 14.5. The van der Waals surface area contributed by atoms with Gasteiger partial charge in [-0.05, 0) is 50.0 Å². The van der Waals surface area contributed by atoms with E-state index in [-0.39, 0.29) is 25.5 Å². The van der Waals surface area contributed by atoms with E-state index in [1.54, 1.807) is 12.1 Å². The van der Waals surface area contributed by atoms with Crippen molar-refractivity contribution in [1.29, 1.82) is 0 Å². The maximum atomic E-state index is 12.6. The van der Waals surface area contributed by atoms with Gasteiger partial charge in [0.15, 0.2) is 0 Å². The summed E-state index contributed by atoms with van der Waals surface area (Å²) in [6, 6.07) is 17.4. The van der Waals surface area contributed by atoms with Gasteiger partial charge in [-0.2, -0.15) is 0 Å². The third-order valence-electron chi connectivity index (χ3n) is 4.58. The van der Waals surface area contributed by atoms with Gasteiger partial charge in [0.1, 0.15) is 9.23 Å². The van der Waals surface area contributed by atoms with Crippen molar-refractivity contribution in [3.05, 3.63) is 80.5 Å². The van der Waals surface area contributed by atoms with Crippen LogP contribution in [-0.4, -0.2) is 39.9 Å². The molecular formula is C21H21Cl2N3O3S2. The lowest BCUT2D eigenvalue weighted by Gasteiger charge is -2.25. The van der Waals surface area contributed by atoms with Crippen LogP contribution in [0.15, 0.2) is 65.6 Å². The fourth-order valence-electron chi connectivity index (χ4n) is 2.97. The van der Waals surface area contributed by atoms with Gasteiger partial charge in [0.05, 0.1) is 10.4 Å². The molecule has 1 aromatic heterocycles. The first kappa shape index (κ1) is 23.6. The molecule has 1 heterocycles. The molecule has 31 heavy (non-hydrogen) atoms. The fourth-order valence-corrected chi connectivity index (χ4v) is 6.18. The minimum atomic E-state index is -3.88. The molecule has 0 spiro atoms. The molecule has 10 heteroatoms. The SMILES string of the molecule is CN(C)[C@H](CNC(=O)c1ccc(NS(=O)(=O)c2cc(Cl)sc2Cl)cc1)c1ccccc1. The summed E-state index contributed by atoms with van der Waals surface area (Å²) in [7, 11) is 0.0321. The van der Waals surface area contributed by atoms with Crippen molar-refractivity contribution in [2.75, 3.05) is 25.4 Å². The van der Waals surface area contributed by atoms with Gasteiger partial charge in [0, 0.05) is 17.8 Å². The number of halogens is 2. The number of hydrogen-bond acceptors (Lipinski definition) is 5. The standard InChI is InChI=1S/C21H21Cl2N3O3S2/c1-26(2)17(14-6-4-3-5-7-14)13-24-21(27)15-8-10-16(11-9-15)25-31(28,29)18-12-19(22)30-20(18)23/h3-12,17,25H,13H2,1-2H3,(H,24,27)/t17-/m1/s1. The molecule has 0 bridgehead atoms. The summed E-state index contributed by atoms with van der Waals surface area (Å²) in [5.41, 5.74) is 1.83. The van der Waals surface area contributed by atoms with Crippen molar-refractivity contribution in [2.24, 2.45) is 0 Å². The Morgan fingerprint density at radius 3 is 2.26 bits per heavy atom. The van der Waals surface area contributed by atoms with Gasteiger partial charge in [-0.3, -0.25) is 9.52 Å². The molecule has 2 N–H and O–H groups in total. The maximum absolute atomic E-state index is 12.6. The van der Waals surface area contributed by atoms with Crippen LogP contribution in [0.5, 0.6) is 0 Å². The number of amides is 1. The molecule has 0 radical (unpaired) electrons. The van der Waals surface area contributed by atoms with E-state index in [0.29, 0.717) is 17.8 Å². The highest BCUT2D eigenvalue weighted by molar-refractivity contribution is 7.93. The van der Waals surface area contributed by atoms with Crippen molar-refractivity contribution < 1.29 is 13.2 Å². The van der Waals surface area contributed by atoms with Gasteiger partial charge >= 0.3 is 0 Å². The fraction of sp³-hybridized carbons (Fsp3) is 0.190. The predicted molar refractivity (Wildman–Crippen MR) is 127 cm³/mol. The van der Waals surface area contributed by atoms with Crippen LogP contribution in [0.1, 0.15) is 22.0 Å². The van der Waals surface area contributed by atoms with Gasteiger partial charge < -0.3 is 10.2 Å². The second kappa shape index (κ2) is 10.0. The Morgan fingerprint density at radius 2 is 1.71 bits per heavy atom. The molecule has 2 aromatic carbocycles. The molecule has 1 amide bonds. The normalized spacial score (nSPS) is 12.5. The van der Waals surface area contributed by atoms with Crippen molar-refractivity contribution in [3.63, 3.8) is 0 Å². The molecule has 0 unspecified atom stereocenters. The van der Waals surface area contributed by atoms with Gasteiger partial charge in [-0.1, -0.05) is 53.5 Å². The summed E-state index contributed by atoms with van der Waals surface area (Å²) in [6.45, 7) is 0.432. The van der Waals surface area contributed by atoms with E-state index in [4.69, 9.17) is 23.2 Å². The lowest BCUT2D eigenvalue weighted by Crippen LogP contribution is -2.34. The number of thiophene rings is 1. The predicted octanol–water partition coefficient (Wildman–Crippen LogP) is 4.89. The summed E-state index contributed by atoms with van der Waals surface area (Å²) < 4.78 is 27.8. The molecule has 164 valence electrons. The van der Waals surface area contributed by atoms with E-state index in [2.05, 4.69) is 10.0 Å². The zero-order valence-corrected chi connectivity index (χ0v) is 19.9. The van der Waals surface area contributed by atoms with Crippen LogP contribution in [0.3, 0.4) is 0 Å². The van der Waals surface area contributed by atoms with E-state index >= 15 is 0 Å². The number of carbonyl (C=O) groups is 1. The number of nitrogens with one attached hydrogen (secondary N) is 2. The quantitative estimate of drug-likeness (QED) is 0.464. The maximum Gasteiger partial charge on any atom is 0.264 e. The van der Waals surface area contributed by atoms with E-state index in [1.807, 2.05) is 49.3 Å². The molecule has 0 fully saturated rings. The minimum Gasteiger partial charge on any atom is -0.350 e. The van der Waals surface area contributed by atoms with Crippen molar-refractivity contribution in [3.8, 4) is 0 Å². The van der Waals surface area contributed by atoms with Crippen molar-refractivity contribution >= 4 is 56.2 Å². The molecule has 0 saturated carbocycles. The average Bonchev–Trinajstić information content (AvgIpc) is 3.08. The highest BCUT2D eigenvalue weighted by Gasteiger charge is 2.21. The summed E-state index contributed by atoms with van der Waals surface area (Å²) in [6.07, 6.45) is 0. The number of carbonyl (C=O) groups excluding carboxylic acids is 1. The molecule has 0 aliphatic carbocycles. The lowest BCUT2D eigenvalue weighted by molar-refractivity contribution is 0.0942. The number of benzene rings is 2. The van der Waals surface area contributed by atoms with Crippen LogP contribution in [-0.2, 0) is 10.0 Å². The third kappa shape index (κ3) is 5.99. The second-order valence-electron chi connectivity index (χ2n) is 6.97. The Labute approximate surface area is 195 Å². The van der Waals surface area contributed by atoms with Gasteiger partial charge in [0.25, 0.3) is 15.9 Å². The molecule has 0 aliphatic rings. The van der Waals surface area contributed by atoms with E-state index in [9.17, 15) is 13.2 Å². The summed E-state index contributed by atoms with van der Waals surface area (Å²) in [5.74, 6) is -0.246. The number of sulfonamides is 1. The Hall–Kier alpha value is -2.10. The Balaban J connectivity index is 1.65. The molecule has 3 rings (SSSR count). The number of hydrogen-bond donors (Lipinski definition) is 2. The zero-order valence-electron chi connectivity index (χ0n) is 16.8. The Morgan fingerprint density at radius 1 is 1.06 bits per heavy atom. The van der Waals surface area contributed by atoms with Crippen LogP contribution in [0, 0.1) is 0 Å². The molecule has 1 atom stereocenters. The topological polar surface area (TPSA) is 78.5 Å². The third-order valence-corrected chi connectivity index (χ3v) is 7.71. The van der Waals surface area contributed by atoms with Gasteiger partial charge in [-0.25, -0.2) is 8.42 Å². The number of rotatable bonds is 8. The molecule has 6 nitrogen and oxygen atoms in total. The van der Waals surface area contributed by atoms with Crippen LogP contribution in [0.25, 0.3) is 0 Å². The first-order chi connectivity index (χ1) is 14.7. The summed E-state index contributed by atoms with van der Waals surface area (Å²) in [5, 5.41) is 2.93. The monoisotopic (exact) mass is 497 g/mol. The zero-order chi connectivity index (χ0) is 22.6. The van der Waals surface area contributed by atoms with Gasteiger partial charge in [-0.15, -0.1) is 11.3 Å². The molecule has 0 aliphatic heterocycles. The lowest BCUT2D eigenvalue weighted by atomic mass is 10.1. The highest BCUT2D eigenvalue weighted by Crippen LogP contribution is 2.35. The number of likely N-dealkylation sites (N-methyl/N-ethyl adjacent to an activating group) is 1. The molecular weight excluding hydrogens is 477 g/mol. The first-order valence-electron chi connectivity index (χ1n) is 9.24. The summed E-state index contributed by atoms with van der Waals surface area (Å²) >= 11 is 12.8. The van der Waals surface area contributed by atoms with Crippen LogP contribution in [0.2, 0.25) is 8.67 Å². The van der Waals surface area contributed by atoms with Crippen molar-refractivity contribution in [2.45, 2.75) is 10.9 Å². The Kier molecular flexibility index (Phi) is 7.61. The Bertz CT molecular complexity index is 1150. The smallest absolute Gasteiger partial charge is 0.264 e. The van der Waals surface area contributed by atoms with Crippen LogP contribution < -0.4 is 10.0 Å². The van der Waals surface area contributed by atoms with Gasteiger partial charge in [0.2, 0.25) is 0 Å². The highest BCUT2D eigenvalue weighted by atomic mass is 35.5. The second-order valence-corrected chi connectivity index (χ2v) is 10.9. The number of anilines is 1. The molecule has 3 aromatic rings. The largest absolute Gasteiger partial charge is 0.350 e. The minimum absolute atomic E-state index is 0.0263.